The van der Waals surface area contributed by atoms with Crippen molar-refractivity contribution in [3.63, 3.8) is 0 Å². The maximum Gasteiger partial charge on any atom is 0.279 e. The van der Waals surface area contributed by atoms with Gasteiger partial charge in [-0.2, -0.15) is 0 Å². The Morgan fingerprint density at radius 2 is 1.86 bits per heavy atom. The molecular formula is C25H20ClN7O3. The summed E-state index contributed by atoms with van der Waals surface area (Å²) in [6.45, 7) is 1.84. The Hall–Kier alpha value is -4.44. The van der Waals surface area contributed by atoms with Gasteiger partial charge in [-0.3, -0.25) is 14.1 Å². The van der Waals surface area contributed by atoms with E-state index >= 15 is 0 Å². The molecular weight excluding hydrogens is 482 g/mol. The standard InChI is InChI=1S/C25H20ClN7O3/c1-13-30-31-24-18(35-2)10-17(12-32(13)24)33-22(14-4-7-16(26)8-5-14)20-21(25(33)34)29-23(28-20)15-6-9-19(36-3)27-11-15/h4-12,22H,1-3H3,(H,28,29)/t22-/m0/s1. The molecule has 1 aromatic carbocycles. The minimum Gasteiger partial charge on any atom is -0.493 e. The number of amides is 1. The second-order valence-electron chi connectivity index (χ2n) is 8.27. The molecule has 0 aliphatic carbocycles. The average Bonchev–Trinajstić information content (AvgIpc) is 3.58. The Balaban J connectivity index is 1.51. The number of H-pyrrole nitrogens is 1. The van der Waals surface area contributed by atoms with E-state index in [9.17, 15) is 4.79 Å². The molecule has 5 aromatic rings. The molecule has 5 heterocycles. The van der Waals surface area contributed by atoms with Crippen molar-refractivity contribution < 1.29 is 14.3 Å². The first-order valence-electron chi connectivity index (χ1n) is 11.1. The summed E-state index contributed by atoms with van der Waals surface area (Å²) in [6.07, 6.45) is 3.48. The van der Waals surface area contributed by atoms with E-state index in [0.29, 0.717) is 51.0 Å². The second-order valence-corrected chi connectivity index (χ2v) is 8.71. The van der Waals surface area contributed by atoms with Crippen LogP contribution in [0.15, 0.2) is 54.9 Å². The van der Waals surface area contributed by atoms with Crippen LogP contribution in [0.5, 0.6) is 11.6 Å². The van der Waals surface area contributed by atoms with Crippen molar-refractivity contribution in [3.8, 4) is 23.0 Å². The summed E-state index contributed by atoms with van der Waals surface area (Å²) in [7, 11) is 3.12. The maximum absolute atomic E-state index is 13.9. The summed E-state index contributed by atoms with van der Waals surface area (Å²) >= 11 is 6.17. The molecule has 36 heavy (non-hydrogen) atoms. The number of carbonyl (C=O) groups is 1. The lowest BCUT2D eigenvalue weighted by Crippen LogP contribution is -2.29. The molecule has 1 aliphatic heterocycles. The number of anilines is 1. The first-order chi connectivity index (χ1) is 17.5. The van der Waals surface area contributed by atoms with Crippen LogP contribution >= 0.6 is 11.6 Å². The summed E-state index contributed by atoms with van der Waals surface area (Å²) in [5.41, 5.74) is 3.80. The predicted molar refractivity (Wildman–Crippen MR) is 133 cm³/mol. The number of nitrogens with one attached hydrogen (secondary N) is 1. The molecule has 10 nitrogen and oxygen atoms in total. The zero-order valence-corrected chi connectivity index (χ0v) is 20.3. The molecule has 11 heteroatoms. The summed E-state index contributed by atoms with van der Waals surface area (Å²) in [4.78, 5) is 27.8. The largest absolute Gasteiger partial charge is 0.493 e. The number of fused-ring (bicyclic) bond motifs is 2. The van der Waals surface area contributed by atoms with E-state index in [2.05, 4.69) is 25.1 Å². The first kappa shape index (κ1) is 22.1. The fraction of sp³-hybridized carbons (Fsp3) is 0.160. The summed E-state index contributed by atoms with van der Waals surface area (Å²) in [6, 6.07) is 12.3. The molecule has 1 amide bonds. The zero-order valence-electron chi connectivity index (χ0n) is 19.6. The van der Waals surface area contributed by atoms with E-state index < -0.39 is 6.04 Å². The molecule has 0 fully saturated rings. The second kappa shape index (κ2) is 8.35. The number of benzene rings is 1. The Morgan fingerprint density at radius 3 is 2.56 bits per heavy atom. The summed E-state index contributed by atoms with van der Waals surface area (Å²) < 4.78 is 12.5. The lowest BCUT2D eigenvalue weighted by molar-refractivity contribution is 0.0989. The van der Waals surface area contributed by atoms with Crippen molar-refractivity contribution in [2.45, 2.75) is 13.0 Å². The summed E-state index contributed by atoms with van der Waals surface area (Å²) in [5, 5.41) is 8.94. The van der Waals surface area contributed by atoms with Crippen molar-refractivity contribution in [2.24, 2.45) is 0 Å². The number of aromatic nitrogens is 6. The Morgan fingerprint density at radius 1 is 1.06 bits per heavy atom. The monoisotopic (exact) mass is 501 g/mol. The van der Waals surface area contributed by atoms with Gasteiger partial charge in [-0.1, -0.05) is 23.7 Å². The van der Waals surface area contributed by atoms with Gasteiger partial charge in [0.2, 0.25) is 11.5 Å². The molecule has 6 rings (SSSR count). The SMILES string of the molecule is COc1ccc(-c2nc3c([nH]2)[C@H](c2ccc(Cl)cc2)N(c2cc(OC)c4nnc(C)n4c2)C3=O)cn1. The van der Waals surface area contributed by atoms with Gasteiger partial charge in [-0.05, 0) is 30.7 Å². The molecule has 0 radical (unpaired) electrons. The van der Waals surface area contributed by atoms with Gasteiger partial charge in [0.15, 0.2) is 11.4 Å². The molecule has 180 valence electrons. The van der Waals surface area contributed by atoms with Crippen LogP contribution in [0.4, 0.5) is 5.69 Å². The third-order valence-electron chi connectivity index (χ3n) is 6.21. The molecule has 0 saturated carbocycles. The topological polar surface area (TPSA) is 111 Å². The van der Waals surface area contributed by atoms with Crippen LogP contribution in [-0.4, -0.2) is 49.7 Å². The number of aromatic amines is 1. The highest BCUT2D eigenvalue weighted by Gasteiger charge is 2.42. The number of rotatable bonds is 5. The highest BCUT2D eigenvalue weighted by molar-refractivity contribution is 6.30. The number of pyridine rings is 2. The van der Waals surface area contributed by atoms with E-state index in [1.54, 1.807) is 54.0 Å². The first-order valence-corrected chi connectivity index (χ1v) is 11.4. The van der Waals surface area contributed by atoms with E-state index in [4.69, 9.17) is 21.1 Å². The molecule has 1 atom stereocenters. The summed E-state index contributed by atoms with van der Waals surface area (Å²) in [5.74, 6) is 1.97. The van der Waals surface area contributed by atoms with Gasteiger partial charge in [-0.25, -0.2) is 9.97 Å². The van der Waals surface area contributed by atoms with E-state index in [-0.39, 0.29) is 5.91 Å². The number of hydrogen-bond donors (Lipinski definition) is 1. The lowest BCUT2D eigenvalue weighted by atomic mass is 10.0. The minimum absolute atomic E-state index is 0.249. The molecule has 1 aliphatic rings. The number of carbonyl (C=O) groups excluding carboxylic acids is 1. The van der Waals surface area contributed by atoms with Crippen LogP contribution in [0, 0.1) is 6.92 Å². The Kier molecular flexibility index (Phi) is 5.11. The molecule has 0 bridgehead atoms. The van der Waals surface area contributed by atoms with Crippen molar-refractivity contribution in [1.82, 2.24) is 29.5 Å². The van der Waals surface area contributed by atoms with Gasteiger partial charge in [0.05, 0.1) is 25.6 Å². The molecule has 0 spiro atoms. The average molecular weight is 502 g/mol. The molecule has 0 saturated heterocycles. The van der Waals surface area contributed by atoms with Crippen molar-refractivity contribution in [1.29, 1.82) is 0 Å². The van der Waals surface area contributed by atoms with Crippen molar-refractivity contribution in [3.05, 3.63) is 82.7 Å². The van der Waals surface area contributed by atoms with Crippen LogP contribution in [0.3, 0.4) is 0 Å². The fourth-order valence-electron chi connectivity index (χ4n) is 4.46. The van der Waals surface area contributed by atoms with Gasteiger partial charge in [0, 0.05) is 35.1 Å². The van der Waals surface area contributed by atoms with E-state index in [0.717, 1.165) is 11.1 Å². The number of nitrogens with zero attached hydrogens (tertiary/aromatic N) is 6. The van der Waals surface area contributed by atoms with Gasteiger partial charge in [0.1, 0.15) is 17.7 Å². The quantitative estimate of drug-likeness (QED) is 0.383. The number of aryl methyl sites for hydroxylation is 1. The molecule has 1 N–H and O–H groups in total. The highest BCUT2D eigenvalue weighted by Crippen LogP contribution is 2.43. The Labute approximate surface area is 210 Å². The van der Waals surface area contributed by atoms with Crippen LogP contribution in [0.2, 0.25) is 5.02 Å². The van der Waals surface area contributed by atoms with Crippen LogP contribution in [-0.2, 0) is 0 Å². The lowest BCUT2D eigenvalue weighted by Gasteiger charge is -2.26. The van der Waals surface area contributed by atoms with E-state index in [1.165, 1.54) is 0 Å². The van der Waals surface area contributed by atoms with Crippen LogP contribution < -0.4 is 14.4 Å². The van der Waals surface area contributed by atoms with Gasteiger partial charge in [-0.15, -0.1) is 10.2 Å². The number of halogens is 1. The highest BCUT2D eigenvalue weighted by atomic mass is 35.5. The van der Waals surface area contributed by atoms with Crippen LogP contribution in [0.25, 0.3) is 17.0 Å². The maximum atomic E-state index is 13.9. The minimum atomic E-state index is -0.476. The van der Waals surface area contributed by atoms with Crippen LogP contribution in [0.1, 0.15) is 33.6 Å². The van der Waals surface area contributed by atoms with Gasteiger partial charge >= 0.3 is 0 Å². The van der Waals surface area contributed by atoms with E-state index in [1.807, 2.05) is 31.3 Å². The molecule has 0 unspecified atom stereocenters. The number of methoxy groups -OCH3 is 2. The zero-order chi connectivity index (χ0) is 25.0. The third kappa shape index (κ3) is 3.37. The third-order valence-corrected chi connectivity index (χ3v) is 6.47. The van der Waals surface area contributed by atoms with Crippen molar-refractivity contribution >= 4 is 28.8 Å². The smallest absolute Gasteiger partial charge is 0.279 e. The fourth-order valence-corrected chi connectivity index (χ4v) is 4.58. The van der Waals surface area contributed by atoms with Gasteiger partial charge in [0.25, 0.3) is 5.91 Å². The Bertz CT molecular complexity index is 1610. The normalized spacial score (nSPS) is 14.9. The van der Waals surface area contributed by atoms with Crippen molar-refractivity contribution in [2.75, 3.05) is 19.1 Å². The number of hydrogen-bond acceptors (Lipinski definition) is 7. The van der Waals surface area contributed by atoms with Gasteiger partial charge < -0.3 is 14.5 Å². The number of ether oxygens (including phenoxy) is 2. The molecule has 4 aromatic heterocycles. The predicted octanol–water partition coefficient (Wildman–Crippen LogP) is 4.24. The number of imidazole rings is 1.